The fourth-order valence-corrected chi connectivity index (χ4v) is 2.20. The first kappa shape index (κ1) is 12.8. The molecule has 0 aliphatic carbocycles. The summed E-state index contributed by atoms with van der Waals surface area (Å²) in [5, 5.41) is 13.3. The quantitative estimate of drug-likeness (QED) is 0.745. The monoisotopic (exact) mass is 267 g/mol. The van der Waals surface area contributed by atoms with Crippen molar-refractivity contribution in [2.24, 2.45) is 0 Å². The molecular formula is C16H17N3O. The molecule has 0 saturated carbocycles. The Morgan fingerprint density at radius 3 is 2.70 bits per heavy atom. The number of pyridine rings is 1. The minimum absolute atomic E-state index is 0.492. The third-order valence-electron chi connectivity index (χ3n) is 3.24. The topological polar surface area (TPSA) is 49.6 Å². The van der Waals surface area contributed by atoms with Gasteiger partial charge in [-0.1, -0.05) is 36.4 Å². The van der Waals surface area contributed by atoms with Crippen molar-refractivity contribution in [3.05, 3.63) is 72.2 Å². The lowest BCUT2D eigenvalue weighted by atomic mass is 10.1. The van der Waals surface area contributed by atoms with Gasteiger partial charge in [0.1, 0.15) is 5.65 Å². The molecule has 102 valence electrons. The van der Waals surface area contributed by atoms with E-state index in [0.29, 0.717) is 13.1 Å². The van der Waals surface area contributed by atoms with Crippen LogP contribution in [0.5, 0.6) is 0 Å². The molecule has 4 nitrogen and oxygen atoms in total. The van der Waals surface area contributed by atoms with Gasteiger partial charge >= 0.3 is 0 Å². The highest BCUT2D eigenvalue weighted by molar-refractivity contribution is 5.39. The highest BCUT2D eigenvalue weighted by atomic mass is 16.3. The van der Waals surface area contributed by atoms with Gasteiger partial charge in [-0.2, -0.15) is 0 Å². The van der Waals surface area contributed by atoms with Crippen LogP contribution in [-0.4, -0.2) is 21.0 Å². The van der Waals surface area contributed by atoms with Crippen LogP contribution in [-0.2, 0) is 6.54 Å². The van der Waals surface area contributed by atoms with Gasteiger partial charge in [-0.15, -0.1) is 0 Å². The number of fused-ring (bicyclic) bond motifs is 1. The maximum atomic E-state index is 10.1. The van der Waals surface area contributed by atoms with Crippen LogP contribution in [0.4, 0.5) is 0 Å². The van der Waals surface area contributed by atoms with E-state index in [0.717, 1.165) is 16.9 Å². The number of benzene rings is 1. The molecule has 3 aromatic rings. The van der Waals surface area contributed by atoms with Crippen molar-refractivity contribution >= 4 is 5.65 Å². The number of aliphatic hydroxyl groups is 1. The number of imidazole rings is 1. The van der Waals surface area contributed by atoms with Crippen LogP contribution < -0.4 is 5.32 Å². The molecule has 0 amide bonds. The number of hydrogen-bond acceptors (Lipinski definition) is 3. The Labute approximate surface area is 117 Å². The molecule has 1 unspecified atom stereocenters. The summed E-state index contributed by atoms with van der Waals surface area (Å²) in [6.07, 6.45) is 3.48. The number of hydrogen-bond donors (Lipinski definition) is 2. The third-order valence-corrected chi connectivity index (χ3v) is 3.24. The maximum Gasteiger partial charge on any atom is 0.137 e. The van der Waals surface area contributed by atoms with E-state index in [2.05, 4.69) is 10.3 Å². The van der Waals surface area contributed by atoms with Crippen LogP contribution >= 0.6 is 0 Å². The van der Waals surface area contributed by atoms with Gasteiger partial charge in [-0.05, 0) is 17.7 Å². The lowest BCUT2D eigenvalue weighted by Gasteiger charge is -2.11. The fourth-order valence-electron chi connectivity index (χ4n) is 2.20. The van der Waals surface area contributed by atoms with Gasteiger partial charge in [0.15, 0.2) is 0 Å². The molecule has 1 atom stereocenters. The second-order valence-corrected chi connectivity index (χ2v) is 4.76. The van der Waals surface area contributed by atoms with Crippen LogP contribution in [0.25, 0.3) is 5.65 Å². The van der Waals surface area contributed by atoms with Crippen LogP contribution in [0.15, 0.2) is 60.9 Å². The summed E-state index contributed by atoms with van der Waals surface area (Å²) < 4.78 is 1.99. The molecule has 0 radical (unpaired) electrons. The standard InChI is InChI=1S/C16H17N3O/c20-15(13-6-2-1-3-7-13)11-17-10-14-12-19-9-5-4-8-16(19)18-14/h1-9,12,15,17,20H,10-11H2. The van der Waals surface area contributed by atoms with E-state index in [-0.39, 0.29) is 0 Å². The highest BCUT2D eigenvalue weighted by Gasteiger charge is 2.06. The predicted molar refractivity (Wildman–Crippen MR) is 78.3 cm³/mol. The molecule has 0 aliphatic heterocycles. The number of nitrogens with one attached hydrogen (secondary N) is 1. The average Bonchev–Trinajstić information content (AvgIpc) is 2.90. The molecule has 0 spiro atoms. The largest absolute Gasteiger partial charge is 0.387 e. The molecule has 0 fully saturated rings. The van der Waals surface area contributed by atoms with E-state index in [1.165, 1.54) is 0 Å². The number of aliphatic hydroxyl groups excluding tert-OH is 1. The van der Waals surface area contributed by atoms with Gasteiger partial charge in [0.05, 0.1) is 11.8 Å². The zero-order valence-corrected chi connectivity index (χ0v) is 11.1. The number of rotatable bonds is 5. The van der Waals surface area contributed by atoms with Crippen molar-refractivity contribution < 1.29 is 5.11 Å². The zero-order chi connectivity index (χ0) is 13.8. The van der Waals surface area contributed by atoms with Crippen molar-refractivity contribution in [3.63, 3.8) is 0 Å². The van der Waals surface area contributed by atoms with Gasteiger partial charge in [-0.25, -0.2) is 4.98 Å². The predicted octanol–water partition coefficient (Wildman–Crippen LogP) is 2.16. The first-order valence-corrected chi connectivity index (χ1v) is 6.69. The molecule has 3 rings (SSSR count). The van der Waals surface area contributed by atoms with Crippen molar-refractivity contribution in [1.29, 1.82) is 0 Å². The Balaban J connectivity index is 1.57. The summed E-state index contributed by atoms with van der Waals surface area (Å²) in [5.41, 5.74) is 2.83. The first-order chi connectivity index (χ1) is 9.83. The Morgan fingerprint density at radius 2 is 1.90 bits per heavy atom. The highest BCUT2D eigenvalue weighted by Crippen LogP contribution is 2.11. The minimum Gasteiger partial charge on any atom is -0.387 e. The molecule has 2 N–H and O–H groups in total. The summed E-state index contributed by atoms with van der Waals surface area (Å²) in [4.78, 5) is 4.50. The van der Waals surface area contributed by atoms with E-state index in [1.807, 2.05) is 65.3 Å². The Bertz CT molecular complexity index is 645. The van der Waals surface area contributed by atoms with Gasteiger partial charge < -0.3 is 14.8 Å². The zero-order valence-electron chi connectivity index (χ0n) is 11.1. The number of nitrogens with zero attached hydrogens (tertiary/aromatic N) is 2. The van der Waals surface area contributed by atoms with Crippen molar-refractivity contribution in [1.82, 2.24) is 14.7 Å². The average molecular weight is 267 g/mol. The fraction of sp³-hybridized carbons (Fsp3) is 0.188. The molecule has 0 aliphatic rings. The Morgan fingerprint density at radius 1 is 1.10 bits per heavy atom. The molecule has 2 heterocycles. The molecular weight excluding hydrogens is 250 g/mol. The lowest BCUT2D eigenvalue weighted by Crippen LogP contribution is -2.21. The first-order valence-electron chi connectivity index (χ1n) is 6.69. The van der Waals surface area contributed by atoms with E-state index in [1.54, 1.807) is 0 Å². The van der Waals surface area contributed by atoms with Crippen LogP contribution in [0.1, 0.15) is 17.4 Å². The summed E-state index contributed by atoms with van der Waals surface area (Å²) in [6.45, 7) is 1.16. The van der Waals surface area contributed by atoms with Crippen LogP contribution in [0, 0.1) is 0 Å². The van der Waals surface area contributed by atoms with Crippen molar-refractivity contribution in [2.75, 3.05) is 6.54 Å². The molecule has 2 aromatic heterocycles. The molecule has 20 heavy (non-hydrogen) atoms. The maximum absolute atomic E-state index is 10.1. The molecule has 0 saturated heterocycles. The molecule has 0 bridgehead atoms. The summed E-state index contributed by atoms with van der Waals surface area (Å²) in [5.74, 6) is 0. The van der Waals surface area contributed by atoms with Gasteiger partial charge in [0.25, 0.3) is 0 Å². The van der Waals surface area contributed by atoms with Gasteiger partial charge in [0, 0.05) is 25.5 Å². The van der Waals surface area contributed by atoms with Crippen LogP contribution in [0.3, 0.4) is 0 Å². The van der Waals surface area contributed by atoms with E-state index < -0.39 is 6.10 Å². The van der Waals surface area contributed by atoms with E-state index in [9.17, 15) is 5.11 Å². The number of aromatic nitrogens is 2. The minimum atomic E-state index is -0.492. The van der Waals surface area contributed by atoms with Crippen molar-refractivity contribution in [3.8, 4) is 0 Å². The molecule has 1 aromatic carbocycles. The van der Waals surface area contributed by atoms with E-state index in [4.69, 9.17) is 0 Å². The third kappa shape index (κ3) is 2.87. The van der Waals surface area contributed by atoms with Crippen LogP contribution in [0.2, 0.25) is 0 Å². The van der Waals surface area contributed by atoms with Crippen molar-refractivity contribution in [2.45, 2.75) is 12.6 Å². The van der Waals surface area contributed by atoms with Gasteiger partial charge in [-0.3, -0.25) is 0 Å². The summed E-state index contributed by atoms with van der Waals surface area (Å²) in [7, 11) is 0. The normalized spacial score (nSPS) is 12.7. The summed E-state index contributed by atoms with van der Waals surface area (Å²) >= 11 is 0. The lowest BCUT2D eigenvalue weighted by molar-refractivity contribution is 0.174. The Kier molecular flexibility index (Phi) is 3.76. The Hall–Kier alpha value is -2.17. The smallest absolute Gasteiger partial charge is 0.137 e. The second-order valence-electron chi connectivity index (χ2n) is 4.76. The molecule has 4 heteroatoms. The summed E-state index contributed by atoms with van der Waals surface area (Å²) in [6, 6.07) is 15.6. The van der Waals surface area contributed by atoms with E-state index >= 15 is 0 Å². The van der Waals surface area contributed by atoms with Gasteiger partial charge in [0.2, 0.25) is 0 Å². The SMILES string of the molecule is OC(CNCc1cn2ccccc2n1)c1ccccc1. The second kappa shape index (κ2) is 5.86.